The number of rotatable bonds is 5. The Bertz CT molecular complexity index is 622. The van der Waals surface area contributed by atoms with E-state index in [1.807, 2.05) is 24.3 Å². The fourth-order valence-corrected chi connectivity index (χ4v) is 4.51. The molecule has 0 spiro atoms. The number of para-hydroxylation sites is 1. The van der Waals surface area contributed by atoms with Gasteiger partial charge in [0.25, 0.3) is 0 Å². The molecule has 3 unspecified atom stereocenters. The Morgan fingerprint density at radius 3 is 2.75 bits per heavy atom. The lowest BCUT2D eigenvalue weighted by Crippen LogP contribution is -2.43. The maximum atomic E-state index is 12.3. The van der Waals surface area contributed by atoms with Crippen LogP contribution in [0.25, 0.3) is 0 Å². The molecule has 1 aliphatic heterocycles. The molecule has 24 heavy (non-hydrogen) atoms. The van der Waals surface area contributed by atoms with Crippen LogP contribution in [0.4, 0.5) is 5.69 Å². The average Bonchev–Trinajstić information content (AvgIpc) is 2.94. The summed E-state index contributed by atoms with van der Waals surface area (Å²) in [6, 6.07) is 7.38. The van der Waals surface area contributed by atoms with Crippen molar-refractivity contribution in [2.24, 2.45) is 5.92 Å². The van der Waals surface area contributed by atoms with Crippen molar-refractivity contribution in [1.29, 1.82) is 0 Å². The Morgan fingerprint density at radius 1 is 1.25 bits per heavy atom. The SMILES string of the molecule is O=C(CCN1C(C(=O)O)CC2CCCCC21)Nc1ccccc1Br. The minimum absolute atomic E-state index is 0.0784. The number of anilines is 1. The van der Waals surface area contributed by atoms with Gasteiger partial charge in [0.15, 0.2) is 0 Å². The van der Waals surface area contributed by atoms with Gasteiger partial charge in [-0.1, -0.05) is 25.0 Å². The predicted octanol–water partition coefficient (Wildman–Crippen LogP) is 3.50. The standard InChI is InChI=1S/C18H23BrN2O3/c19-13-6-2-3-7-14(13)20-17(22)9-10-21-15-8-4-1-5-12(15)11-16(21)18(23)24/h2-3,6-7,12,15-16H,1,4-5,8-11H2,(H,20,22)(H,23,24). The summed E-state index contributed by atoms with van der Waals surface area (Å²) >= 11 is 3.41. The molecule has 0 aromatic heterocycles. The maximum Gasteiger partial charge on any atom is 0.320 e. The maximum absolute atomic E-state index is 12.3. The number of nitrogens with zero attached hydrogens (tertiary/aromatic N) is 1. The van der Waals surface area contributed by atoms with E-state index in [0.717, 1.165) is 35.8 Å². The number of carbonyl (C=O) groups is 2. The molecule has 1 aromatic rings. The van der Waals surface area contributed by atoms with E-state index in [1.54, 1.807) is 0 Å². The molecule has 6 heteroatoms. The summed E-state index contributed by atoms with van der Waals surface area (Å²) in [4.78, 5) is 25.9. The van der Waals surface area contributed by atoms with Gasteiger partial charge in [-0.2, -0.15) is 0 Å². The molecule has 3 rings (SSSR count). The number of likely N-dealkylation sites (tertiary alicyclic amines) is 1. The second-order valence-corrected chi connectivity index (χ2v) is 7.57. The molecular weight excluding hydrogens is 372 g/mol. The van der Waals surface area contributed by atoms with Gasteiger partial charge in [0, 0.05) is 23.5 Å². The summed E-state index contributed by atoms with van der Waals surface area (Å²) in [6.45, 7) is 0.508. The average molecular weight is 395 g/mol. The van der Waals surface area contributed by atoms with Gasteiger partial charge in [0.1, 0.15) is 6.04 Å². The molecule has 2 aliphatic rings. The second-order valence-electron chi connectivity index (χ2n) is 6.72. The minimum atomic E-state index is -0.754. The normalized spacial score (nSPS) is 26.8. The smallest absolute Gasteiger partial charge is 0.320 e. The van der Waals surface area contributed by atoms with Crippen LogP contribution < -0.4 is 5.32 Å². The molecule has 2 fully saturated rings. The first kappa shape index (κ1) is 17.4. The number of halogens is 1. The lowest BCUT2D eigenvalue weighted by atomic mass is 9.85. The third kappa shape index (κ3) is 3.81. The van der Waals surface area contributed by atoms with E-state index >= 15 is 0 Å². The Balaban J connectivity index is 1.60. The first-order chi connectivity index (χ1) is 11.6. The highest BCUT2D eigenvalue weighted by atomic mass is 79.9. The van der Waals surface area contributed by atoms with Gasteiger partial charge in [-0.15, -0.1) is 0 Å². The molecule has 130 valence electrons. The van der Waals surface area contributed by atoms with Crippen LogP contribution in [-0.2, 0) is 9.59 Å². The highest BCUT2D eigenvalue weighted by molar-refractivity contribution is 9.10. The van der Waals surface area contributed by atoms with Crippen molar-refractivity contribution in [3.63, 3.8) is 0 Å². The molecule has 2 N–H and O–H groups in total. The molecule has 1 aromatic carbocycles. The predicted molar refractivity (Wildman–Crippen MR) is 95.9 cm³/mol. The highest BCUT2D eigenvalue weighted by Gasteiger charge is 2.44. The summed E-state index contributed by atoms with van der Waals surface area (Å²) in [6.07, 6.45) is 5.58. The number of fused-ring (bicyclic) bond motifs is 1. The van der Waals surface area contributed by atoms with Gasteiger partial charge < -0.3 is 10.4 Å². The highest BCUT2D eigenvalue weighted by Crippen LogP contribution is 2.39. The first-order valence-electron chi connectivity index (χ1n) is 8.59. The van der Waals surface area contributed by atoms with Crippen molar-refractivity contribution in [2.45, 2.75) is 50.6 Å². The number of carboxylic acids is 1. The summed E-state index contributed by atoms with van der Waals surface area (Å²) in [5.41, 5.74) is 0.745. The fraction of sp³-hybridized carbons (Fsp3) is 0.556. The number of nitrogens with one attached hydrogen (secondary N) is 1. The van der Waals surface area contributed by atoms with Crippen LogP contribution in [0.3, 0.4) is 0 Å². The van der Waals surface area contributed by atoms with Crippen LogP contribution in [0.5, 0.6) is 0 Å². The quantitative estimate of drug-likeness (QED) is 0.801. The largest absolute Gasteiger partial charge is 0.480 e. The zero-order valence-electron chi connectivity index (χ0n) is 13.6. The van der Waals surface area contributed by atoms with E-state index in [4.69, 9.17) is 0 Å². The van der Waals surface area contributed by atoms with Crippen LogP contribution in [0, 0.1) is 5.92 Å². The van der Waals surface area contributed by atoms with Gasteiger partial charge in [-0.25, -0.2) is 0 Å². The van der Waals surface area contributed by atoms with E-state index < -0.39 is 12.0 Å². The summed E-state index contributed by atoms with van der Waals surface area (Å²) in [5.74, 6) is -0.355. The molecule has 1 heterocycles. The van der Waals surface area contributed by atoms with Gasteiger partial charge in [-0.3, -0.25) is 14.5 Å². The number of hydrogen-bond donors (Lipinski definition) is 2. The van der Waals surface area contributed by atoms with Crippen LogP contribution in [0.1, 0.15) is 38.5 Å². The third-order valence-corrected chi connectivity index (χ3v) is 5.94. The molecule has 0 bridgehead atoms. The summed E-state index contributed by atoms with van der Waals surface area (Å²) < 4.78 is 0.843. The molecule has 1 saturated carbocycles. The van der Waals surface area contributed by atoms with E-state index in [0.29, 0.717) is 24.9 Å². The summed E-state index contributed by atoms with van der Waals surface area (Å²) in [7, 11) is 0. The minimum Gasteiger partial charge on any atom is -0.480 e. The van der Waals surface area contributed by atoms with Gasteiger partial charge in [0.2, 0.25) is 5.91 Å². The molecule has 5 nitrogen and oxygen atoms in total. The van der Waals surface area contributed by atoms with E-state index in [9.17, 15) is 14.7 Å². The first-order valence-corrected chi connectivity index (χ1v) is 9.38. The monoisotopic (exact) mass is 394 g/mol. The van der Waals surface area contributed by atoms with Crippen molar-refractivity contribution in [1.82, 2.24) is 4.90 Å². The Morgan fingerprint density at radius 2 is 2.00 bits per heavy atom. The molecule has 0 radical (unpaired) electrons. The zero-order valence-corrected chi connectivity index (χ0v) is 15.2. The second kappa shape index (κ2) is 7.66. The van der Waals surface area contributed by atoms with Gasteiger partial charge in [-0.05, 0) is 53.2 Å². The van der Waals surface area contributed by atoms with E-state index in [1.165, 1.54) is 6.42 Å². The fourth-order valence-electron chi connectivity index (χ4n) is 4.12. The number of carbonyl (C=O) groups excluding carboxylic acids is 1. The Kier molecular flexibility index (Phi) is 5.56. The number of aliphatic carboxylic acids is 1. The van der Waals surface area contributed by atoms with Crippen LogP contribution in [-0.4, -0.2) is 40.5 Å². The molecule has 3 atom stereocenters. The van der Waals surface area contributed by atoms with E-state index in [2.05, 4.69) is 26.1 Å². The van der Waals surface area contributed by atoms with Crippen molar-refractivity contribution in [3.8, 4) is 0 Å². The van der Waals surface area contributed by atoms with Crippen LogP contribution in [0.15, 0.2) is 28.7 Å². The Hall–Kier alpha value is -1.40. The van der Waals surface area contributed by atoms with Crippen LogP contribution >= 0.6 is 15.9 Å². The molecular formula is C18H23BrN2O3. The number of carboxylic acid groups (broad SMARTS) is 1. The lowest BCUT2D eigenvalue weighted by Gasteiger charge is -2.32. The lowest BCUT2D eigenvalue weighted by molar-refractivity contribution is -0.143. The van der Waals surface area contributed by atoms with Crippen LogP contribution in [0.2, 0.25) is 0 Å². The van der Waals surface area contributed by atoms with Crippen molar-refractivity contribution in [3.05, 3.63) is 28.7 Å². The Labute approximate surface area is 150 Å². The van der Waals surface area contributed by atoms with E-state index in [-0.39, 0.29) is 5.91 Å². The number of amides is 1. The molecule has 1 saturated heterocycles. The topological polar surface area (TPSA) is 69.6 Å². The van der Waals surface area contributed by atoms with Gasteiger partial charge >= 0.3 is 5.97 Å². The van der Waals surface area contributed by atoms with Crippen molar-refractivity contribution >= 4 is 33.5 Å². The zero-order chi connectivity index (χ0) is 17.1. The number of benzene rings is 1. The van der Waals surface area contributed by atoms with Crippen molar-refractivity contribution < 1.29 is 14.7 Å². The van der Waals surface area contributed by atoms with Crippen molar-refractivity contribution in [2.75, 3.05) is 11.9 Å². The molecule has 1 amide bonds. The molecule has 1 aliphatic carbocycles. The number of hydrogen-bond acceptors (Lipinski definition) is 3. The third-order valence-electron chi connectivity index (χ3n) is 5.25. The van der Waals surface area contributed by atoms with Gasteiger partial charge in [0.05, 0.1) is 5.69 Å². The summed E-state index contributed by atoms with van der Waals surface area (Å²) in [5, 5.41) is 12.4.